The summed E-state index contributed by atoms with van der Waals surface area (Å²) in [6.45, 7) is 4.59. The molecule has 1 aromatic rings. The molecule has 1 unspecified atom stereocenters. The molecule has 0 saturated heterocycles. The number of likely N-dealkylation sites (N-methyl/N-ethyl adjacent to an activating group) is 1. The Morgan fingerprint density at radius 3 is 2.50 bits per heavy atom. The van der Waals surface area contributed by atoms with Gasteiger partial charge in [0, 0.05) is 17.0 Å². The van der Waals surface area contributed by atoms with Crippen LogP contribution >= 0.6 is 11.8 Å². The Hall–Kier alpha value is -0.710. The lowest BCUT2D eigenvalue weighted by atomic mass is 10.1. The van der Waals surface area contributed by atoms with Gasteiger partial charge >= 0.3 is 0 Å². The van der Waals surface area contributed by atoms with Crippen molar-refractivity contribution in [1.29, 1.82) is 0 Å². The van der Waals surface area contributed by atoms with Gasteiger partial charge in [-0.3, -0.25) is 0 Å². The summed E-state index contributed by atoms with van der Waals surface area (Å²) in [5.74, 6) is 0.814. The average Bonchev–Trinajstić information content (AvgIpc) is 2.27. The maximum absolute atomic E-state index is 10.3. The van der Waals surface area contributed by atoms with E-state index in [1.165, 1.54) is 0 Å². The maximum atomic E-state index is 10.3. The number of rotatable bonds is 6. The van der Waals surface area contributed by atoms with Crippen molar-refractivity contribution < 1.29 is 9.84 Å². The smallest absolute Gasteiger partial charge is 0.139 e. The summed E-state index contributed by atoms with van der Waals surface area (Å²) in [6, 6.07) is 5.92. The van der Waals surface area contributed by atoms with Crippen LogP contribution in [0.5, 0.6) is 5.75 Å². The fourth-order valence-corrected chi connectivity index (χ4v) is 2.33. The molecule has 0 fully saturated rings. The zero-order valence-electron chi connectivity index (χ0n) is 11.8. The van der Waals surface area contributed by atoms with Gasteiger partial charge in [0.1, 0.15) is 5.75 Å². The second-order valence-electron chi connectivity index (χ2n) is 4.82. The zero-order valence-corrected chi connectivity index (χ0v) is 12.6. The SMILES string of the molecule is CSc1cccc(C(O)CN(C)C)c1OC(C)C. The first-order valence-electron chi connectivity index (χ1n) is 6.12. The van der Waals surface area contributed by atoms with Crippen molar-refractivity contribution in [1.82, 2.24) is 4.90 Å². The van der Waals surface area contributed by atoms with Gasteiger partial charge in [0.05, 0.1) is 12.2 Å². The van der Waals surface area contributed by atoms with E-state index >= 15 is 0 Å². The zero-order chi connectivity index (χ0) is 13.7. The third kappa shape index (κ3) is 4.19. The average molecular weight is 269 g/mol. The van der Waals surface area contributed by atoms with E-state index in [2.05, 4.69) is 0 Å². The normalized spacial score (nSPS) is 13.1. The molecule has 0 aromatic heterocycles. The van der Waals surface area contributed by atoms with Crippen LogP contribution in [0.25, 0.3) is 0 Å². The summed E-state index contributed by atoms with van der Waals surface area (Å²) in [7, 11) is 3.90. The molecule has 0 amide bonds. The summed E-state index contributed by atoms with van der Waals surface area (Å²) >= 11 is 1.64. The van der Waals surface area contributed by atoms with E-state index in [1.807, 2.05) is 57.3 Å². The van der Waals surface area contributed by atoms with Crippen LogP contribution in [-0.2, 0) is 0 Å². The Balaban J connectivity index is 3.08. The number of hydrogen-bond donors (Lipinski definition) is 1. The molecule has 102 valence electrons. The lowest BCUT2D eigenvalue weighted by Crippen LogP contribution is -2.21. The van der Waals surface area contributed by atoms with Crippen LogP contribution in [0.15, 0.2) is 23.1 Å². The summed E-state index contributed by atoms with van der Waals surface area (Å²) in [6.07, 6.45) is 1.59. The second-order valence-corrected chi connectivity index (χ2v) is 5.67. The van der Waals surface area contributed by atoms with Crippen molar-refractivity contribution in [2.75, 3.05) is 26.9 Å². The Bertz CT molecular complexity index is 380. The molecule has 1 rings (SSSR count). The molecular weight excluding hydrogens is 246 g/mol. The number of benzene rings is 1. The van der Waals surface area contributed by atoms with Gasteiger partial charge in [-0.05, 0) is 40.3 Å². The lowest BCUT2D eigenvalue weighted by Gasteiger charge is -2.22. The molecule has 0 spiro atoms. The summed E-state index contributed by atoms with van der Waals surface area (Å²) in [5.41, 5.74) is 0.865. The highest BCUT2D eigenvalue weighted by Gasteiger charge is 2.18. The van der Waals surface area contributed by atoms with E-state index in [-0.39, 0.29) is 6.10 Å². The number of nitrogens with zero attached hydrogens (tertiary/aromatic N) is 1. The first-order valence-corrected chi connectivity index (χ1v) is 7.34. The van der Waals surface area contributed by atoms with Gasteiger partial charge in [-0.2, -0.15) is 0 Å². The van der Waals surface area contributed by atoms with Crippen molar-refractivity contribution in [2.45, 2.75) is 31.0 Å². The van der Waals surface area contributed by atoms with Crippen LogP contribution in [0, 0.1) is 0 Å². The molecular formula is C14H23NO2S. The van der Waals surface area contributed by atoms with E-state index in [1.54, 1.807) is 11.8 Å². The van der Waals surface area contributed by atoms with Gasteiger partial charge in [-0.15, -0.1) is 11.8 Å². The van der Waals surface area contributed by atoms with E-state index in [0.29, 0.717) is 6.54 Å². The Morgan fingerprint density at radius 2 is 2.00 bits per heavy atom. The predicted molar refractivity (Wildman–Crippen MR) is 77.5 cm³/mol. The molecule has 1 atom stereocenters. The fraction of sp³-hybridized carbons (Fsp3) is 0.571. The molecule has 0 aliphatic rings. The lowest BCUT2D eigenvalue weighted by molar-refractivity contribution is 0.130. The van der Waals surface area contributed by atoms with Crippen LogP contribution in [0.2, 0.25) is 0 Å². The second kappa shape index (κ2) is 7.02. The van der Waals surface area contributed by atoms with Crippen molar-refractivity contribution >= 4 is 11.8 Å². The van der Waals surface area contributed by atoms with Crippen molar-refractivity contribution in [3.63, 3.8) is 0 Å². The van der Waals surface area contributed by atoms with Gasteiger partial charge in [0.2, 0.25) is 0 Å². The molecule has 0 aliphatic heterocycles. The van der Waals surface area contributed by atoms with Crippen molar-refractivity contribution in [3.8, 4) is 5.75 Å². The highest BCUT2D eigenvalue weighted by Crippen LogP contribution is 2.35. The Labute approximate surface area is 114 Å². The highest BCUT2D eigenvalue weighted by molar-refractivity contribution is 7.98. The summed E-state index contributed by atoms with van der Waals surface area (Å²) < 4.78 is 5.87. The molecule has 0 radical (unpaired) electrons. The molecule has 0 bridgehead atoms. The third-order valence-electron chi connectivity index (χ3n) is 2.48. The predicted octanol–water partition coefficient (Wildman–Crippen LogP) is 2.79. The van der Waals surface area contributed by atoms with Gasteiger partial charge in [0.25, 0.3) is 0 Å². The first kappa shape index (κ1) is 15.3. The Morgan fingerprint density at radius 1 is 1.33 bits per heavy atom. The fourth-order valence-electron chi connectivity index (χ4n) is 1.76. The van der Waals surface area contributed by atoms with E-state index in [4.69, 9.17) is 4.74 Å². The van der Waals surface area contributed by atoms with E-state index < -0.39 is 6.10 Å². The molecule has 1 N–H and O–H groups in total. The van der Waals surface area contributed by atoms with Gasteiger partial charge in [0.15, 0.2) is 0 Å². The molecule has 0 aliphatic carbocycles. The summed E-state index contributed by atoms with van der Waals surface area (Å²) in [5, 5.41) is 10.3. The number of para-hydroxylation sites is 1. The molecule has 4 heteroatoms. The van der Waals surface area contributed by atoms with Gasteiger partial charge < -0.3 is 14.7 Å². The minimum absolute atomic E-state index is 0.101. The van der Waals surface area contributed by atoms with Crippen LogP contribution in [0.1, 0.15) is 25.5 Å². The molecule has 1 aromatic carbocycles. The largest absolute Gasteiger partial charge is 0.489 e. The van der Waals surface area contributed by atoms with Crippen molar-refractivity contribution in [3.05, 3.63) is 23.8 Å². The Kier molecular flexibility index (Phi) is 5.99. The number of hydrogen-bond acceptors (Lipinski definition) is 4. The number of aliphatic hydroxyl groups is 1. The van der Waals surface area contributed by atoms with Gasteiger partial charge in [-0.25, -0.2) is 0 Å². The minimum Gasteiger partial charge on any atom is -0.489 e. The van der Waals surface area contributed by atoms with Crippen LogP contribution in [-0.4, -0.2) is 43.0 Å². The number of thioether (sulfide) groups is 1. The quantitative estimate of drug-likeness (QED) is 0.805. The van der Waals surface area contributed by atoms with Gasteiger partial charge in [-0.1, -0.05) is 12.1 Å². The highest BCUT2D eigenvalue weighted by atomic mass is 32.2. The minimum atomic E-state index is -0.527. The van der Waals surface area contributed by atoms with E-state index in [9.17, 15) is 5.11 Å². The molecule has 3 nitrogen and oxygen atoms in total. The van der Waals surface area contributed by atoms with Crippen LogP contribution in [0.3, 0.4) is 0 Å². The molecule has 0 saturated carbocycles. The monoisotopic (exact) mass is 269 g/mol. The number of aliphatic hydroxyl groups excluding tert-OH is 1. The standard InChI is InChI=1S/C14H23NO2S/c1-10(2)17-14-11(12(16)9-15(3)4)7-6-8-13(14)18-5/h6-8,10,12,16H,9H2,1-5H3. The molecule has 0 heterocycles. The van der Waals surface area contributed by atoms with Crippen LogP contribution < -0.4 is 4.74 Å². The first-order chi connectivity index (χ1) is 8.45. The number of ether oxygens (including phenoxy) is 1. The third-order valence-corrected chi connectivity index (χ3v) is 3.24. The van der Waals surface area contributed by atoms with Crippen LogP contribution in [0.4, 0.5) is 0 Å². The molecule has 18 heavy (non-hydrogen) atoms. The topological polar surface area (TPSA) is 32.7 Å². The van der Waals surface area contributed by atoms with E-state index in [0.717, 1.165) is 16.2 Å². The summed E-state index contributed by atoms with van der Waals surface area (Å²) in [4.78, 5) is 3.04. The maximum Gasteiger partial charge on any atom is 0.139 e. The van der Waals surface area contributed by atoms with Crippen molar-refractivity contribution in [2.24, 2.45) is 0 Å².